The molecule has 0 saturated carbocycles. The zero-order valence-corrected chi connectivity index (χ0v) is 14.3. The fourth-order valence-electron chi connectivity index (χ4n) is 2.22. The van der Waals surface area contributed by atoms with Gasteiger partial charge in [-0.3, -0.25) is 14.4 Å². The number of nitrogens with two attached hydrogens (primary N) is 1. The quantitative estimate of drug-likeness (QED) is 0.514. The number of hydrogen-bond donors (Lipinski definition) is 3. The average Bonchev–Trinajstić information content (AvgIpc) is 3.08. The monoisotopic (exact) mass is 361 g/mol. The van der Waals surface area contributed by atoms with E-state index >= 15 is 0 Å². The number of hydrogen-bond acceptors (Lipinski definition) is 7. The molecule has 0 aliphatic heterocycles. The number of benzene rings is 1. The number of methoxy groups -OCH3 is 1. The predicted octanol–water partition coefficient (Wildman–Crippen LogP) is -1.55. The molecule has 0 unspecified atom stereocenters. The molecule has 1 aromatic heterocycles. The molecule has 138 valence electrons. The van der Waals surface area contributed by atoms with Gasteiger partial charge in [-0.15, -0.1) is 5.10 Å². The van der Waals surface area contributed by atoms with E-state index in [4.69, 9.17) is 10.5 Å². The Morgan fingerprint density at radius 3 is 2.54 bits per heavy atom. The Morgan fingerprint density at radius 2 is 1.96 bits per heavy atom. The summed E-state index contributed by atoms with van der Waals surface area (Å²) in [5, 5.41) is 16.1. The Labute approximate surface area is 148 Å². The van der Waals surface area contributed by atoms with E-state index in [-0.39, 0.29) is 13.0 Å². The van der Waals surface area contributed by atoms with Crippen LogP contribution < -0.4 is 21.1 Å². The van der Waals surface area contributed by atoms with Gasteiger partial charge < -0.3 is 21.1 Å². The van der Waals surface area contributed by atoms with Gasteiger partial charge >= 0.3 is 0 Å². The predicted molar refractivity (Wildman–Crippen MR) is 89.6 cm³/mol. The molecule has 4 N–H and O–H groups in total. The van der Waals surface area contributed by atoms with Crippen LogP contribution in [0.15, 0.2) is 24.3 Å². The number of carbonyl (C=O) groups excluding carboxylic acids is 3. The van der Waals surface area contributed by atoms with Crippen LogP contribution in [0.1, 0.15) is 6.42 Å². The van der Waals surface area contributed by atoms with E-state index in [0.29, 0.717) is 17.1 Å². The van der Waals surface area contributed by atoms with Gasteiger partial charge in [0.15, 0.2) is 5.82 Å². The highest BCUT2D eigenvalue weighted by Crippen LogP contribution is 2.19. The molecule has 3 amide bonds. The molecule has 2 aromatic rings. The summed E-state index contributed by atoms with van der Waals surface area (Å²) in [6, 6.07) is 5.91. The zero-order chi connectivity index (χ0) is 19.1. The number of tetrazole rings is 1. The van der Waals surface area contributed by atoms with E-state index in [1.165, 1.54) is 11.7 Å². The smallest absolute Gasteiger partial charge is 0.242 e. The van der Waals surface area contributed by atoms with E-state index in [0.717, 1.165) is 0 Å². The lowest BCUT2D eigenvalue weighted by molar-refractivity contribution is -0.131. The first kappa shape index (κ1) is 18.8. The van der Waals surface area contributed by atoms with Crippen LogP contribution in [0.25, 0.3) is 11.4 Å². The van der Waals surface area contributed by atoms with Crippen LogP contribution in [0.2, 0.25) is 0 Å². The topological polar surface area (TPSA) is 154 Å². The highest BCUT2D eigenvalue weighted by molar-refractivity contribution is 5.91. The molecule has 0 spiro atoms. The van der Waals surface area contributed by atoms with Crippen molar-refractivity contribution in [2.45, 2.75) is 19.0 Å². The van der Waals surface area contributed by atoms with Crippen LogP contribution in [0.4, 0.5) is 0 Å². The Morgan fingerprint density at radius 1 is 1.27 bits per heavy atom. The SMILES string of the molecule is CNC(=O)[C@H](CC(N)=O)NC(=O)Cn1nnnc1-c1ccc(OC)cc1. The maximum atomic E-state index is 12.2. The maximum absolute atomic E-state index is 12.2. The highest BCUT2D eigenvalue weighted by Gasteiger charge is 2.22. The van der Waals surface area contributed by atoms with Crippen molar-refractivity contribution < 1.29 is 19.1 Å². The third kappa shape index (κ3) is 4.75. The van der Waals surface area contributed by atoms with Crippen LogP contribution in [0.5, 0.6) is 5.75 Å². The van der Waals surface area contributed by atoms with Crippen molar-refractivity contribution in [1.29, 1.82) is 0 Å². The summed E-state index contributed by atoms with van der Waals surface area (Å²) >= 11 is 0. The number of rotatable bonds is 8. The molecular weight excluding hydrogens is 342 g/mol. The standard InChI is InChI=1S/C15H19N7O4/c1-17-15(25)11(7-12(16)23)18-13(24)8-22-14(19-20-21-22)9-3-5-10(26-2)6-4-9/h3-6,11H,7-8H2,1-2H3,(H2,16,23)(H,17,25)(H,18,24)/t11-/m0/s1. The summed E-state index contributed by atoms with van der Waals surface area (Å²) in [4.78, 5) is 35.0. The fourth-order valence-corrected chi connectivity index (χ4v) is 2.22. The lowest BCUT2D eigenvalue weighted by atomic mass is 10.2. The molecule has 1 heterocycles. The van der Waals surface area contributed by atoms with Crippen molar-refractivity contribution >= 4 is 17.7 Å². The molecule has 0 bridgehead atoms. The minimum Gasteiger partial charge on any atom is -0.497 e. The lowest BCUT2D eigenvalue weighted by Gasteiger charge is -2.15. The second-order valence-corrected chi connectivity index (χ2v) is 5.29. The first-order valence-corrected chi connectivity index (χ1v) is 7.64. The van der Waals surface area contributed by atoms with E-state index in [1.807, 2.05) is 0 Å². The number of likely N-dealkylation sites (N-methyl/N-ethyl adjacent to an activating group) is 1. The second-order valence-electron chi connectivity index (χ2n) is 5.29. The van der Waals surface area contributed by atoms with Crippen LogP contribution in [0, 0.1) is 0 Å². The number of aromatic nitrogens is 4. The molecule has 26 heavy (non-hydrogen) atoms. The van der Waals surface area contributed by atoms with E-state index < -0.39 is 23.8 Å². The molecule has 0 aliphatic carbocycles. The summed E-state index contributed by atoms with van der Waals surface area (Å²) in [6.07, 6.45) is -0.313. The van der Waals surface area contributed by atoms with Gasteiger partial charge in [-0.1, -0.05) is 0 Å². The molecule has 2 rings (SSSR count). The van der Waals surface area contributed by atoms with Gasteiger partial charge in [0, 0.05) is 12.6 Å². The molecule has 0 fully saturated rings. The molecular formula is C15H19N7O4. The van der Waals surface area contributed by atoms with Gasteiger partial charge in [0.1, 0.15) is 18.3 Å². The Bertz CT molecular complexity index is 788. The first-order chi connectivity index (χ1) is 12.4. The van der Waals surface area contributed by atoms with Gasteiger partial charge in [-0.25, -0.2) is 4.68 Å². The Kier molecular flexibility index (Phi) is 6.20. The highest BCUT2D eigenvalue weighted by atomic mass is 16.5. The minimum absolute atomic E-state index is 0.235. The van der Waals surface area contributed by atoms with Crippen molar-refractivity contribution in [3.05, 3.63) is 24.3 Å². The summed E-state index contributed by atoms with van der Waals surface area (Å²) in [6.45, 7) is -0.235. The number of ether oxygens (including phenoxy) is 1. The summed E-state index contributed by atoms with van der Waals surface area (Å²) in [7, 11) is 2.95. The normalized spacial score (nSPS) is 11.5. The number of nitrogens with one attached hydrogen (secondary N) is 2. The van der Waals surface area contributed by atoms with Crippen molar-refractivity contribution in [2.75, 3.05) is 14.2 Å². The van der Waals surface area contributed by atoms with Gasteiger partial charge in [-0.2, -0.15) is 0 Å². The first-order valence-electron chi connectivity index (χ1n) is 7.64. The van der Waals surface area contributed by atoms with Crippen molar-refractivity contribution in [1.82, 2.24) is 30.8 Å². The summed E-state index contributed by atoms with van der Waals surface area (Å²) in [5.74, 6) is -0.731. The van der Waals surface area contributed by atoms with Crippen LogP contribution in [0.3, 0.4) is 0 Å². The van der Waals surface area contributed by atoms with Gasteiger partial charge in [0.25, 0.3) is 0 Å². The van der Waals surface area contributed by atoms with Gasteiger partial charge in [0.05, 0.1) is 13.5 Å². The number of nitrogens with zero attached hydrogens (tertiary/aromatic N) is 4. The molecule has 11 heteroatoms. The Hall–Kier alpha value is -3.50. The van der Waals surface area contributed by atoms with Crippen molar-refractivity contribution in [2.24, 2.45) is 5.73 Å². The Balaban J connectivity index is 2.10. The van der Waals surface area contributed by atoms with E-state index in [1.54, 1.807) is 31.4 Å². The van der Waals surface area contributed by atoms with Gasteiger partial charge in [0.2, 0.25) is 17.7 Å². The average molecular weight is 361 g/mol. The van der Waals surface area contributed by atoms with Crippen LogP contribution in [-0.2, 0) is 20.9 Å². The van der Waals surface area contributed by atoms with Crippen LogP contribution >= 0.6 is 0 Å². The van der Waals surface area contributed by atoms with Crippen molar-refractivity contribution in [3.63, 3.8) is 0 Å². The molecule has 1 aromatic carbocycles. The third-order valence-corrected chi connectivity index (χ3v) is 3.48. The van der Waals surface area contributed by atoms with E-state index in [2.05, 4.69) is 26.2 Å². The third-order valence-electron chi connectivity index (χ3n) is 3.48. The number of primary amides is 1. The summed E-state index contributed by atoms with van der Waals surface area (Å²) < 4.78 is 6.37. The van der Waals surface area contributed by atoms with Crippen LogP contribution in [-0.4, -0.2) is 58.1 Å². The fraction of sp³-hybridized carbons (Fsp3) is 0.333. The molecule has 0 saturated heterocycles. The van der Waals surface area contributed by atoms with Gasteiger partial charge in [-0.05, 0) is 34.7 Å². The van der Waals surface area contributed by atoms with Crippen molar-refractivity contribution in [3.8, 4) is 17.1 Å². The summed E-state index contributed by atoms with van der Waals surface area (Å²) in [5.41, 5.74) is 5.79. The largest absolute Gasteiger partial charge is 0.497 e. The minimum atomic E-state index is -1.06. The molecule has 1 atom stereocenters. The number of carbonyl (C=O) groups is 3. The molecule has 0 aliphatic rings. The molecule has 0 radical (unpaired) electrons. The molecule has 11 nitrogen and oxygen atoms in total. The lowest BCUT2D eigenvalue weighted by Crippen LogP contribution is -2.48. The zero-order valence-electron chi connectivity index (χ0n) is 14.3. The maximum Gasteiger partial charge on any atom is 0.242 e. The van der Waals surface area contributed by atoms with E-state index in [9.17, 15) is 14.4 Å². The number of amides is 3. The second kappa shape index (κ2) is 8.55.